The summed E-state index contributed by atoms with van der Waals surface area (Å²) in [6.07, 6.45) is 4.05. The van der Waals surface area contributed by atoms with Crippen molar-refractivity contribution < 1.29 is 30.1 Å². The van der Waals surface area contributed by atoms with Crippen LogP contribution in [0.25, 0.3) is 21.8 Å². The van der Waals surface area contributed by atoms with Gasteiger partial charge in [-0.15, -0.1) is 0 Å². The van der Waals surface area contributed by atoms with E-state index in [1.165, 1.54) is 56.1 Å². The average Bonchev–Trinajstić information content (AvgIpc) is 3.78. The predicted octanol–water partition coefficient (Wildman–Crippen LogP) is 9.16. The van der Waals surface area contributed by atoms with E-state index in [4.69, 9.17) is 0 Å². The second kappa shape index (κ2) is 26.5. The van der Waals surface area contributed by atoms with E-state index in [0.29, 0.717) is 19.8 Å². The molecule has 2 unspecified atom stereocenters. The molecule has 0 saturated heterocycles. The minimum atomic E-state index is -3.30. The number of nitrogens with one attached hydrogen (secondary N) is 3. The van der Waals surface area contributed by atoms with Crippen LogP contribution in [0.2, 0.25) is 0 Å². The molecule has 0 spiro atoms. The second-order valence-electron chi connectivity index (χ2n) is 12.9. The van der Waals surface area contributed by atoms with Gasteiger partial charge in [0.15, 0.2) is 0 Å². The summed E-state index contributed by atoms with van der Waals surface area (Å²) >= 11 is 7.45. The third-order valence-electron chi connectivity index (χ3n) is 9.02. The molecule has 2 aliphatic rings. The summed E-state index contributed by atoms with van der Waals surface area (Å²) in [5.41, 5.74) is 12.2. The summed E-state index contributed by atoms with van der Waals surface area (Å²) < 4.78 is 45.1. The Morgan fingerprint density at radius 1 is 0.672 bits per heavy atom. The standard InChI is InChI=1S/C19H20N2O2S.C18H18N2.2C2H6.CH3ClO2S.CH3I.I3/c1-13-8-9-17-16(12-13)15-10-11-21(24(2,22)23)19(18(15)20-17)14-6-4-3-5-7-14;1-12-7-8-16-15(11-12)14-9-10-19-17(18(14)20-16)13-5-3-2-4-6-13;2*1-2;1-5(2,3)4;1-2;1-3-2/h3-9,12,19-20H,10-11H2,1-2H3;2-8,11,17,19-20H,9-10H2,1H3;2*1-2H3;1H3;1H3;/q;;;;;;-1. The molecule has 0 amide bonds. The van der Waals surface area contributed by atoms with Crippen molar-refractivity contribution in [3.05, 3.63) is 142 Å². The molecule has 58 heavy (non-hydrogen) atoms. The molecular formula is C43H56ClI4N4O4S2-. The van der Waals surface area contributed by atoms with Crippen LogP contribution in [0.15, 0.2) is 97.1 Å². The molecule has 0 aliphatic carbocycles. The van der Waals surface area contributed by atoms with E-state index in [1.54, 1.807) is 4.31 Å². The topological polar surface area (TPSA) is 115 Å². The molecule has 0 bridgehead atoms. The van der Waals surface area contributed by atoms with Crippen molar-refractivity contribution in [2.24, 2.45) is 0 Å². The first kappa shape index (κ1) is 53.1. The van der Waals surface area contributed by atoms with Gasteiger partial charge in [0, 0.05) is 57.0 Å². The van der Waals surface area contributed by atoms with Crippen LogP contribution in [0.1, 0.15) is 84.5 Å². The van der Waals surface area contributed by atoms with Gasteiger partial charge in [-0.1, -0.05) is 134 Å². The Balaban J connectivity index is 0.000000308. The number of sulfonamides is 1. The predicted molar refractivity (Wildman–Crippen MR) is 271 cm³/mol. The van der Waals surface area contributed by atoms with Crippen molar-refractivity contribution in [1.82, 2.24) is 19.6 Å². The maximum absolute atomic E-state index is 12.4. The first-order chi connectivity index (χ1) is 27.7. The van der Waals surface area contributed by atoms with Crippen LogP contribution in [0.3, 0.4) is 0 Å². The van der Waals surface area contributed by atoms with E-state index in [1.807, 2.05) is 63.0 Å². The fourth-order valence-corrected chi connectivity index (χ4v) is 8.01. The van der Waals surface area contributed by atoms with E-state index in [9.17, 15) is 16.8 Å². The van der Waals surface area contributed by atoms with Gasteiger partial charge in [-0.3, -0.25) is 0 Å². The monoisotopic (exact) mass is 1300 g/mol. The summed E-state index contributed by atoms with van der Waals surface area (Å²) in [4.78, 5) is 9.09. The average molecular weight is 1300 g/mol. The van der Waals surface area contributed by atoms with E-state index in [2.05, 4.69) is 166 Å². The van der Waals surface area contributed by atoms with Gasteiger partial charge >= 0.3 is 50.5 Å². The minimum absolute atomic E-state index is 0.285. The van der Waals surface area contributed by atoms with Gasteiger partial charge < -0.3 is 15.3 Å². The number of rotatable bonds is 3. The molecule has 8 rings (SSSR count). The Morgan fingerprint density at radius 2 is 1.09 bits per heavy atom. The number of fused-ring (bicyclic) bond motifs is 6. The van der Waals surface area contributed by atoms with Crippen molar-refractivity contribution in [2.45, 2.75) is 66.5 Å². The SMILES string of the molecule is CC.CC.CI.CS(=O)(=O)Cl.Cc1ccc2[nH]c3c(c2c1)CCN(S(C)(=O)=O)C3c1ccccc1.Cc1ccc2[nH]c3c(c2c1)CCNC3c1ccccc1.I[I-]I. The molecule has 2 aromatic heterocycles. The summed E-state index contributed by atoms with van der Waals surface area (Å²) in [7, 11) is -1.99. The third-order valence-corrected chi connectivity index (χ3v) is 10.3. The Bertz CT molecular complexity index is 2350. The van der Waals surface area contributed by atoms with Crippen molar-refractivity contribution in [1.29, 1.82) is 0 Å². The van der Waals surface area contributed by atoms with Gasteiger partial charge in [0.05, 0.1) is 24.6 Å². The molecule has 6 aromatic rings. The second-order valence-corrected chi connectivity index (χ2v) is 34.1. The molecule has 2 aliphatic heterocycles. The molecule has 4 heterocycles. The van der Waals surface area contributed by atoms with Gasteiger partial charge in [-0.2, -0.15) is 4.31 Å². The molecule has 320 valence electrons. The van der Waals surface area contributed by atoms with Crippen molar-refractivity contribution in [2.75, 3.05) is 30.5 Å². The van der Waals surface area contributed by atoms with Crippen LogP contribution in [-0.2, 0) is 31.9 Å². The fraction of sp³-hybridized carbons (Fsp3) is 0.349. The first-order valence-electron chi connectivity index (χ1n) is 18.9. The Hall–Kier alpha value is -1.01. The van der Waals surface area contributed by atoms with Crippen molar-refractivity contribution >= 4 is 111 Å². The molecule has 8 nitrogen and oxygen atoms in total. The zero-order valence-corrected chi connectivity index (χ0v) is 45.5. The van der Waals surface area contributed by atoms with Crippen molar-refractivity contribution in [3.63, 3.8) is 0 Å². The molecule has 0 fully saturated rings. The number of aromatic amines is 2. The maximum atomic E-state index is 12.4. The number of nitrogens with zero attached hydrogens (tertiary/aromatic N) is 1. The summed E-state index contributed by atoms with van der Waals surface area (Å²) in [6.45, 7) is 13.8. The number of hydrogen-bond donors (Lipinski definition) is 3. The number of aryl methyl sites for hydroxylation is 2. The van der Waals surface area contributed by atoms with Gasteiger partial charge in [-0.25, -0.2) is 16.8 Å². The Labute approximate surface area is 395 Å². The Morgan fingerprint density at radius 3 is 1.53 bits per heavy atom. The van der Waals surface area contributed by atoms with Crippen LogP contribution in [-0.4, -0.2) is 61.6 Å². The van der Waals surface area contributed by atoms with Gasteiger partial charge in [0.2, 0.25) is 19.1 Å². The number of H-pyrrole nitrogens is 2. The van der Waals surface area contributed by atoms with E-state index in [-0.39, 0.29) is 12.1 Å². The molecule has 0 radical (unpaired) electrons. The first-order valence-corrected chi connectivity index (χ1v) is 38.2. The quantitative estimate of drug-likeness (QED) is 0.0930. The third kappa shape index (κ3) is 15.4. The molecule has 0 saturated carbocycles. The number of hydrogen-bond acceptors (Lipinski definition) is 5. The molecule has 2 atom stereocenters. The normalized spacial score (nSPS) is 15.7. The van der Waals surface area contributed by atoms with E-state index < -0.39 is 19.1 Å². The van der Waals surface area contributed by atoms with Crippen LogP contribution in [0, 0.1) is 13.8 Å². The summed E-state index contributed by atoms with van der Waals surface area (Å²) in [6, 6.07) is 33.5. The van der Waals surface area contributed by atoms with E-state index in [0.717, 1.165) is 42.4 Å². The fourth-order valence-electron chi connectivity index (χ4n) is 6.98. The zero-order chi connectivity index (χ0) is 43.6. The number of halogens is 5. The summed E-state index contributed by atoms with van der Waals surface area (Å²) in [5.74, 6) is 0. The Kier molecular flexibility index (Phi) is 24.2. The van der Waals surface area contributed by atoms with Crippen LogP contribution in [0.4, 0.5) is 0 Å². The number of alkyl halides is 1. The number of benzene rings is 4. The van der Waals surface area contributed by atoms with Crippen molar-refractivity contribution in [3.8, 4) is 0 Å². The van der Waals surface area contributed by atoms with E-state index >= 15 is 0 Å². The zero-order valence-electron chi connectivity index (χ0n) is 34.5. The van der Waals surface area contributed by atoms with Crippen LogP contribution in [0.5, 0.6) is 0 Å². The van der Waals surface area contributed by atoms with Crippen LogP contribution < -0.4 is 18.6 Å². The molecule has 15 heteroatoms. The summed E-state index contributed by atoms with van der Waals surface area (Å²) in [5, 5.41) is 6.23. The molecule has 3 N–H and O–H groups in total. The molecular weight excluding hydrogens is 1240 g/mol. The van der Waals surface area contributed by atoms with Crippen LogP contribution >= 0.6 is 70.5 Å². The van der Waals surface area contributed by atoms with Gasteiger partial charge in [0.25, 0.3) is 0 Å². The van der Waals surface area contributed by atoms with Gasteiger partial charge in [0.1, 0.15) is 0 Å². The molecule has 4 aromatic carbocycles. The number of aromatic nitrogens is 2. The van der Waals surface area contributed by atoms with Gasteiger partial charge in [-0.05, 0) is 78.1 Å².